The highest BCUT2D eigenvalue weighted by atomic mass is 19.3. The number of aromatic amines is 1. The number of hydrogen-bond acceptors (Lipinski definition) is 3. The van der Waals surface area contributed by atoms with E-state index in [0.717, 1.165) is 6.20 Å². The average molecular weight is 203 g/mol. The molecule has 1 aromatic heterocycles. The van der Waals surface area contributed by atoms with E-state index >= 15 is 0 Å². The third-order valence-electron chi connectivity index (χ3n) is 1.64. The van der Waals surface area contributed by atoms with Crippen LogP contribution in [0.15, 0.2) is 11.0 Å². The first kappa shape index (κ1) is 10.2. The summed E-state index contributed by atoms with van der Waals surface area (Å²) in [6.45, 7) is 0. The fourth-order valence-electron chi connectivity index (χ4n) is 1.01. The van der Waals surface area contributed by atoms with E-state index in [1.807, 2.05) is 4.98 Å². The fraction of sp³-hybridized carbons (Fsp3) is 0.143. The first-order valence-corrected chi connectivity index (χ1v) is 3.54. The standard InChI is InChI=1S/C7H7F2N3O2/c8-5(9)2-1-12-7(14)4(10)3(2)6(11)13/h1,5H,10H2,(H2,11,13)(H,12,14). The number of rotatable bonds is 2. The molecule has 0 fully saturated rings. The van der Waals surface area contributed by atoms with Crippen molar-refractivity contribution in [2.75, 3.05) is 5.73 Å². The van der Waals surface area contributed by atoms with Crippen LogP contribution in [0.1, 0.15) is 22.3 Å². The monoisotopic (exact) mass is 203 g/mol. The van der Waals surface area contributed by atoms with E-state index in [-0.39, 0.29) is 0 Å². The maximum absolute atomic E-state index is 12.3. The number of pyridine rings is 1. The summed E-state index contributed by atoms with van der Waals surface area (Å²) in [4.78, 5) is 23.6. The molecular weight excluding hydrogens is 196 g/mol. The molecule has 0 spiro atoms. The lowest BCUT2D eigenvalue weighted by molar-refractivity contribution is 0.0986. The van der Waals surface area contributed by atoms with Gasteiger partial charge in [0.1, 0.15) is 5.69 Å². The Kier molecular flexibility index (Phi) is 2.50. The molecule has 0 aliphatic carbocycles. The van der Waals surface area contributed by atoms with E-state index in [0.29, 0.717) is 0 Å². The van der Waals surface area contributed by atoms with Crippen molar-refractivity contribution in [3.63, 3.8) is 0 Å². The molecular formula is C7H7F2N3O2. The third kappa shape index (κ3) is 1.56. The first-order chi connectivity index (χ1) is 6.45. The molecule has 1 heterocycles. The van der Waals surface area contributed by atoms with Crippen molar-refractivity contribution >= 4 is 11.6 Å². The van der Waals surface area contributed by atoms with Crippen molar-refractivity contribution in [1.82, 2.24) is 4.98 Å². The number of aromatic nitrogens is 1. The Morgan fingerprint density at radius 2 is 2.07 bits per heavy atom. The molecule has 0 unspecified atom stereocenters. The number of halogens is 2. The number of hydrogen-bond donors (Lipinski definition) is 3. The average Bonchev–Trinajstić information content (AvgIpc) is 2.08. The zero-order valence-corrected chi connectivity index (χ0v) is 6.88. The lowest BCUT2D eigenvalue weighted by Crippen LogP contribution is -2.23. The lowest BCUT2D eigenvalue weighted by Gasteiger charge is -2.06. The zero-order chi connectivity index (χ0) is 10.9. The van der Waals surface area contributed by atoms with Gasteiger partial charge in [0, 0.05) is 11.8 Å². The second-order valence-corrected chi connectivity index (χ2v) is 2.53. The summed E-state index contributed by atoms with van der Waals surface area (Å²) in [6.07, 6.45) is -2.19. The Balaban J connectivity index is 3.54. The summed E-state index contributed by atoms with van der Waals surface area (Å²) < 4.78 is 24.6. The predicted octanol–water partition coefficient (Wildman–Crippen LogP) is -0.00640. The maximum Gasteiger partial charge on any atom is 0.271 e. The third-order valence-corrected chi connectivity index (χ3v) is 1.64. The molecule has 5 N–H and O–H groups in total. The van der Waals surface area contributed by atoms with E-state index < -0.39 is 34.7 Å². The van der Waals surface area contributed by atoms with E-state index in [9.17, 15) is 18.4 Å². The first-order valence-electron chi connectivity index (χ1n) is 3.54. The lowest BCUT2D eigenvalue weighted by atomic mass is 10.1. The largest absolute Gasteiger partial charge is 0.394 e. The number of carbonyl (C=O) groups excluding carboxylic acids is 1. The van der Waals surface area contributed by atoms with Gasteiger partial charge in [0.15, 0.2) is 0 Å². The van der Waals surface area contributed by atoms with Crippen LogP contribution in [-0.2, 0) is 0 Å². The summed E-state index contributed by atoms with van der Waals surface area (Å²) in [5.41, 5.74) is 7.26. The number of nitrogens with two attached hydrogens (primary N) is 2. The number of nitrogen functional groups attached to an aromatic ring is 1. The van der Waals surface area contributed by atoms with E-state index in [2.05, 4.69) is 0 Å². The molecule has 0 atom stereocenters. The summed E-state index contributed by atoms with van der Waals surface area (Å²) in [5, 5.41) is 0. The van der Waals surface area contributed by atoms with Crippen LogP contribution in [0.3, 0.4) is 0 Å². The number of H-pyrrole nitrogens is 1. The Labute approximate surface area is 76.7 Å². The molecule has 5 nitrogen and oxygen atoms in total. The highest BCUT2D eigenvalue weighted by Crippen LogP contribution is 2.23. The summed E-state index contributed by atoms with van der Waals surface area (Å²) in [5.74, 6) is -1.15. The number of carbonyl (C=O) groups is 1. The van der Waals surface area contributed by atoms with Gasteiger partial charge in [0.2, 0.25) is 0 Å². The molecule has 7 heteroatoms. The topological polar surface area (TPSA) is 102 Å². The summed E-state index contributed by atoms with van der Waals surface area (Å²) >= 11 is 0. The number of alkyl halides is 2. The molecule has 0 saturated carbocycles. The minimum absolute atomic E-state index is 0.588. The molecule has 0 aliphatic heterocycles. The van der Waals surface area contributed by atoms with E-state index in [1.54, 1.807) is 0 Å². The minimum atomic E-state index is -2.92. The molecule has 1 rings (SSSR count). The highest BCUT2D eigenvalue weighted by Gasteiger charge is 2.20. The smallest absolute Gasteiger partial charge is 0.271 e. The fourth-order valence-corrected chi connectivity index (χ4v) is 1.01. The Morgan fingerprint density at radius 3 is 2.50 bits per heavy atom. The Hall–Kier alpha value is -1.92. The van der Waals surface area contributed by atoms with Gasteiger partial charge in [-0.15, -0.1) is 0 Å². The van der Waals surface area contributed by atoms with Crippen molar-refractivity contribution in [2.45, 2.75) is 6.43 Å². The van der Waals surface area contributed by atoms with Gasteiger partial charge in [-0.25, -0.2) is 8.78 Å². The number of primary amides is 1. The second kappa shape index (κ2) is 3.44. The Morgan fingerprint density at radius 1 is 1.50 bits per heavy atom. The van der Waals surface area contributed by atoms with Crippen molar-refractivity contribution in [2.24, 2.45) is 5.73 Å². The summed E-state index contributed by atoms with van der Waals surface area (Å²) in [7, 11) is 0. The van der Waals surface area contributed by atoms with Gasteiger partial charge in [0.25, 0.3) is 17.9 Å². The van der Waals surface area contributed by atoms with Gasteiger partial charge >= 0.3 is 0 Å². The highest BCUT2D eigenvalue weighted by molar-refractivity contribution is 5.99. The number of anilines is 1. The van der Waals surface area contributed by atoms with Gasteiger partial charge in [-0.2, -0.15) is 0 Å². The van der Waals surface area contributed by atoms with Crippen LogP contribution in [0.5, 0.6) is 0 Å². The molecule has 0 radical (unpaired) electrons. The number of nitrogens with one attached hydrogen (secondary N) is 1. The molecule has 0 aromatic carbocycles. The molecule has 0 aliphatic rings. The predicted molar refractivity (Wildman–Crippen MR) is 44.9 cm³/mol. The number of amides is 1. The quantitative estimate of drug-likeness (QED) is 0.630. The molecule has 0 saturated heterocycles. The normalized spacial score (nSPS) is 10.5. The second-order valence-electron chi connectivity index (χ2n) is 2.53. The molecule has 1 amide bonds. The van der Waals surface area contributed by atoms with Gasteiger partial charge in [0.05, 0.1) is 5.56 Å². The van der Waals surface area contributed by atoms with Crippen molar-refractivity contribution in [3.05, 3.63) is 27.7 Å². The SMILES string of the molecule is NC(=O)c1c(C(F)F)c[nH]c(=O)c1N. The van der Waals surface area contributed by atoms with Gasteiger partial charge in [-0.3, -0.25) is 9.59 Å². The van der Waals surface area contributed by atoms with E-state index in [4.69, 9.17) is 11.5 Å². The van der Waals surface area contributed by atoms with Crippen LogP contribution in [0, 0.1) is 0 Å². The van der Waals surface area contributed by atoms with Crippen molar-refractivity contribution in [3.8, 4) is 0 Å². The molecule has 1 aromatic rings. The molecule has 0 bridgehead atoms. The van der Waals surface area contributed by atoms with Crippen molar-refractivity contribution < 1.29 is 13.6 Å². The molecule has 14 heavy (non-hydrogen) atoms. The van der Waals surface area contributed by atoms with Crippen LogP contribution < -0.4 is 17.0 Å². The van der Waals surface area contributed by atoms with Crippen LogP contribution in [-0.4, -0.2) is 10.9 Å². The van der Waals surface area contributed by atoms with Gasteiger partial charge in [-0.05, 0) is 0 Å². The zero-order valence-electron chi connectivity index (χ0n) is 6.88. The maximum atomic E-state index is 12.3. The minimum Gasteiger partial charge on any atom is -0.394 e. The summed E-state index contributed by atoms with van der Waals surface area (Å²) in [6, 6.07) is 0. The van der Waals surface area contributed by atoms with Crippen LogP contribution >= 0.6 is 0 Å². The van der Waals surface area contributed by atoms with Gasteiger partial charge < -0.3 is 16.5 Å². The molecule has 76 valence electrons. The van der Waals surface area contributed by atoms with Crippen LogP contribution in [0.4, 0.5) is 14.5 Å². The van der Waals surface area contributed by atoms with Gasteiger partial charge in [-0.1, -0.05) is 0 Å². The van der Waals surface area contributed by atoms with E-state index in [1.165, 1.54) is 0 Å². The van der Waals surface area contributed by atoms with Crippen LogP contribution in [0.25, 0.3) is 0 Å². The van der Waals surface area contributed by atoms with Crippen molar-refractivity contribution in [1.29, 1.82) is 0 Å². The Bertz CT molecular complexity index is 427. The van der Waals surface area contributed by atoms with Crippen LogP contribution in [0.2, 0.25) is 0 Å².